The van der Waals surface area contributed by atoms with Gasteiger partial charge in [-0.05, 0) is 24.3 Å². The van der Waals surface area contributed by atoms with Gasteiger partial charge in [-0.3, -0.25) is 0 Å². The topological polar surface area (TPSA) is 75.0 Å². The van der Waals surface area contributed by atoms with E-state index in [4.69, 9.17) is 0 Å². The van der Waals surface area contributed by atoms with Crippen molar-refractivity contribution in [2.75, 3.05) is 11.9 Å². The highest BCUT2D eigenvalue weighted by Crippen LogP contribution is 2.29. The molecule has 2 aromatic heterocycles. The number of rotatable bonds is 5. The summed E-state index contributed by atoms with van der Waals surface area (Å²) in [6.07, 6.45) is 3.72. The molecule has 0 radical (unpaired) electrons. The van der Waals surface area contributed by atoms with Gasteiger partial charge in [-0.2, -0.15) is 0 Å². The van der Waals surface area contributed by atoms with Crippen molar-refractivity contribution in [2.24, 2.45) is 0 Å². The smallest absolute Gasteiger partial charge is 0.208 e. The van der Waals surface area contributed by atoms with E-state index in [-0.39, 0.29) is 5.75 Å². The Morgan fingerprint density at radius 2 is 1.75 bits per heavy atom. The van der Waals surface area contributed by atoms with Crippen LogP contribution in [0.5, 0.6) is 5.75 Å². The molecule has 0 bridgehead atoms. The Balaban J connectivity index is 1.71. The highest BCUT2D eigenvalue weighted by atomic mass is 32.1. The Labute approximate surface area is 144 Å². The zero-order valence-corrected chi connectivity index (χ0v) is 14.7. The second kappa shape index (κ2) is 6.92. The molecule has 0 saturated heterocycles. The summed E-state index contributed by atoms with van der Waals surface area (Å²) in [5, 5.41) is 19.5. The maximum Gasteiger partial charge on any atom is 0.208 e. The molecular formula is C17H19N5OS. The molecule has 0 amide bonds. The lowest BCUT2D eigenvalue weighted by molar-refractivity contribution is 0.475. The molecule has 0 saturated carbocycles. The van der Waals surface area contributed by atoms with Crippen molar-refractivity contribution in [1.82, 2.24) is 20.2 Å². The van der Waals surface area contributed by atoms with Crippen LogP contribution >= 0.6 is 11.3 Å². The Morgan fingerprint density at radius 1 is 1.08 bits per heavy atom. The van der Waals surface area contributed by atoms with Gasteiger partial charge in [0.1, 0.15) is 16.6 Å². The lowest BCUT2D eigenvalue weighted by Gasteiger charge is -2.14. The van der Waals surface area contributed by atoms with Crippen LogP contribution in [0.15, 0.2) is 36.7 Å². The van der Waals surface area contributed by atoms with Crippen molar-refractivity contribution in [3.63, 3.8) is 0 Å². The molecule has 7 heteroatoms. The van der Waals surface area contributed by atoms with Crippen LogP contribution in [0.2, 0.25) is 0 Å². The zero-order valence-electron chi connectivity index (χ0n) is 13.8. The average molecular weight is 341 g/mol. The van der Waals surface area contributed by atoms with Crippen molar-refractivity contribution in [3.8, 4) is 16.3 Å². The second-order valence-electron chi connectivity index (χ2n) is 5.90. The monoisotopic (exact) mass is 341 g/mol. The van der Waals surface area contributed by atoms with Gasteiger partial charge in [0, 0.05) is 43.0 Å². The van der Waals surface area contributed by atoms with Crippen LogP contribution in [0.4, 0.5) is 5.13 Å². The molecular weight excluding hydrogens is 322 g/mol. The number of benzene rings is 1. The van der Waals surface area contributed by atoms with E-state index >= 15 is 0 Å². The van der Waals surface area contributed by atoms with Crippen LogP contribution in [0.25, 0.3) is 10.6 Å². The van der Waals surface area contributed by atoms with E-state index in [1.807, 2.05) is 36.5 Å². The van der Waals surface area contributed by atoms with E-state index < -0.39 is 0 Å². The minimum Gasteiger partial charge on any atom is -0.508 e. The van der Waals surface area contributed by atoms with E-state index in [1.165, 1.54) is 11.3 Å². The van der Waals surface area contributed by atoms with Gasteiger partial charge >= 0.3 is 0 Å². The fraction of sp³-hybridized carbons (Fsp3) is 0.294. The summed E-state index contributed by atoms with van der Waals surface area (Å²) in [7, 11) is 1.97. The summed E-state index contributed by atoms with van der Waals surface area (Å²) >= 11 is 1.51. The minimum absolute atomic E-state index is 0.241. The van der Waals surface area contributed by atoms with E-state index in [9.17, 15) is 5.11 Å². The Morgan fingerprint density at radius 3 is 2.38 bits per heavy atom. The van der Waals surface area contributed by atoms with E-state index in [2.05, 4.69) is 34.0 Å². The van der Waals surface area contributed by atoms with E-state index in [0.717, 1.165) is 27.1 Å². The van der Waals surface area contributed by atoms with Gasteiger partial charge in [-0.25, -0.2) is 9.97 Å². The largest absolute Gasteiger partial charge is 0.508 e. The van der Waals surface area contributed by atoms with Crippen LogP contribution in [-0.4, -0.2) is 32.3 Å². The third-order valence-corrected chi connectivity index (χ3v) is 4.60. The molecule has 0 unspecified atom stereocenters. The van der Waals surface area contributed by atoms with Crippen molar-refractivity contribution in [2.45, 2.75) is 26.3 Å². The summed E-state index contributed by atoms with van der Waals surface area (Å²) in [6.45, 7) is 4.82. The molecule has 3 rings (SSSR count). The maximum atomic E-state index is 9.36. The van der Waals surface area contributed by atoms with E-state index in [0.29, 0.717) is 12.5 Å². The van der Waals surface area contributed by atoms with Gasteiger partial charge in [0.05, 0.1) is 0 Å². The normalized spacial score (nSPS) is 11.0. The standard InChI is InChI=1S/C17H19N5OS/c1-11(2)15-18-8-12(9-19-15)10-22(3)17-21-20-16(24-17)13-4-6-14(23)7-5-13/h4-9,11,23H,10H2,1-3H3. The molecule has 124 valence electrons. The van der Waals surface area contributed by atoms with Gasteiger partial charge in [0.25, 0.3) is 0 Å². The highest BCUT2D eigenvalue weighted by Gasteiger charge is 2.12. The number of hydrogen-bond acceptors (Lipinski definition) is 7. The Bertz CT molecular complexity index is 799. The molecule has 0 atom stereocenters. The minimum atomic E-state index is 0.241. The molecule has 24 heavy (non-hydrogen) atoms. The fourth-order valence-corrected chi connectivity index (χ4v) is 2.99. The van der Waals surface area contributed by atoms with Crippen molar-refractivity contribution < 1.29 is 5.11 Å². The summed E-state index contributed by atoms with van der Waals surface area (Å²) in [5.74, 6) is 1.42. The second-order valence-corrected chi connectivity index (χ2v) is 6.85. The number of phenols is 1. The number of aromatic nitrogens is 4. The van der Waals surface area contributed by atoms with Crippen molar-refractivity contribution >= 4 is 16.5 Å². The van der Waals surface area contributed by atoms with Gasteiger partial charge in [0.15, 0.2) is 0 Å². The molecule has 1 aromatic carbocycles. The molecule has 6 nitrogen and oxygen atoms in total. The molecule has 2 heterocycles. The van der Waals surface area contributed by atoms with Crippen molar-refractivity contribution in [1.29, 1.82) is 0 Å². The van der Waals surface area contributed by atoms with Crippen LogP contribution in [-0.2, 0) is 6.54 Å². The average Bonchev–Trinajstić information content (AvgIpc) is 3.06. The lowest BCUT2D eigenvalue weighted by Crippen LogP contribution is -2.16. The fourth-order valence-electron chi connectivity index (χ4n) is 2.18. The third-order valence-electron chi connectivity index (χ3n) is 3.52. The number of phenolic OH excluding ortho intramolecular Hbond substituents is 1. The van der Waals surface area contributed by atoms with Gasteiger partial charge in [0.2, 0.25) is 5.13 Å². The lowest BCUT2D eigenvalue weighted by atomic mass is 10.2. The SMILES string of the molecule is CC(C)c1ncc(CN(C)c2nnc(-c3ccc(O)cc3)s2)cn1. The molecule has 0 fully saturated rings. The number of aromatic hydroxyl groups is 1. The third kappa shape index (κ3) is 3.68. The predicted molar refractivity (Wildman–Crippen MR) is 95.2 cm³/mol. The Hall–Kier alpha value is -2.54. The summed E-state index contributed by atoms with van der Waals surface area (Å²) < 4.78 is 0. The van der Waals surface area contributed by atoms with Crippen LogP contribution in [0.1, 0.15) is 31.2 Å². The van der Waals surface area contributed by atoms with Crippen LogP contribution < -0.4 is 4.90 Å². The van der Waals surface area contributed by atoms with Crippen LogP contribution in [0.3, 0.4) is 0 Å². The predicted octanol–water partition coefficient (Wildman–Crippen LogP) is 3.46. The number of hydrogen-bond donors (Lipinski definition) is 1. The number of anilines is 1. The van der Waals surface area contributed by atoms with Crippen molar-refractivity contribution in [3.05, 3.63) is 48.0 Å². The molecule has 3 aromatic rings. The summed E-state index contributed by atoms with van der Waals surface area (Å²) in [6, 6.07) is 6.96. The molecule has 1 N–H and O–H groups in total. The van der Waals surface area contributed by atoms with E-state index in [1.54, 1.807) is 12.1 Å². The molecule has 0 spiro atoms. The Kier molecular flexibility index (Phi) is 4.71. The summed E-state index contributed by atoms with van der Waals surface area (Å²) in [5.41, 5.74) is 1.97. The maximum absolute atomic E-state index is 9.36. The first-order chi connectivity index (χ1) is 11.5. The molecule has 0 aliphatic carbocycles. The molecule has 0 aliphatic heterocycles. The first-order valence-corrected chi connectivity index (χ1v) is 8.49. The summed E-state index contributed by atoms with van der Waals surface area (Å²) in [4.78, 5) is 10.8. The first-order valence-electron chi connectivity index (χ1n) is 7.68. The highest BCUT2D eigenvalue weighted by molar-refractivity contribution is 7.18. The van der Waals surface area contributed by atoms with Gasteiger partial charge in [-0.15, -0.1) is 10.2 Å². The molecule has 0 aliphatic rings. The van der Waals surface area contributed by atoms with Crippen LogP contribution in [0, 0.1) is 0 Å². The zero-order chi connectivity index (χ0) is 17.1. The number of nitrogens with zero attached hydrogens (tertiary/aromatic N) is 5. The van der Waals surface area contributed by atoms with Gasteiger partial charge < -0.3 is 10.0 Å². The quantitative estimate of drug-likeness (QED) is 0.766. The van der Waals surface area contributed by atoms with Gasteiger partial charge in [-0.1, -0.05) is 25.2 Å². The first kappa shape index (κ1) is 16.3.